The number of hydrogen-bond donors (Lipinski definition) is 1. The van der Waals surface area contributed by atoms with Gasteiger partial charge < -0.3 is 10.1 Å². The molecule has 1 atom stereocenters. The van der Waals surface area contributed by atoms with E-state index < -0.39 is 0 Å². The average Bonchev–Trinajstić information content (AvgIpc) is 3.00. The fourth-order valence-corrected chi connectivity index (χ4v) is 3.24. The number of aryl methyl sites for hydroxylation is 1. The lowest BCUT2D eigenvalue weighted by atomic mass is 9.88. The van der Waals surface area contributed by atoms with Crippen molar-refractivity contribution in [3.8, 4) is 0 Å². The second kappa shape index (κ2) is 6.48. The zero-order valence-corrected chi connectivity index (χ0v) is 12.4. The molecule has 0 radical (unpaired) electrons. The summed E-state index contributed by atoms with van der Waals surface area (Å²) in [5.41, 5.74) is 1.03. The zero-order chi connectivity index (χ0) is 13.7. The highest BCUT2D eigenvalue weighted by Gasteiger charge is 2.42. The van der Waals surface area contributed by atoms with Gasteiger partial charge in [0.2, 0.25) is 0 Å². The number of ether oxygens (including phenoxy) is 1. The first-order chi connectivity index (χ1) is 9.20. The Morgan fingerprint density at radius 3 is 2.68 bits per heavy atom. The lowest BCUT2D eigenvalue weighted by Crippen LogP contribution is -2.52. The van der Waals surface area contributed by atoms with E-state index in [0.717, 1.165) is 38.1 Å². The molecule has 1 N–H and O–H groups in total. The van der Waals surface area contributed by atoms with Crippen LogP contribution in [0, 0.1) is 0 Å². The molecule has 1 heterocycles. The van der Waals surface area contributed by atoms with E-state index in [4.69, 9.17) is 4.74 Å². The maximum atomic E-state index is 6.17. The Labute approximate surface area is 115 Å². The molecule has 1 aliphatic carbocycles. The highest BCUT2D eigenvalue weighted by atomic mass is 16.5. The quantitative estimate of drug-likeness (QED) is 0.816. The summed E-state index contributed by atoms with van der Waals surface area (Å²) < 4.78 is 7.93. The van der Waals surface area contributed by atoms with Crippen molar-refractivity contribution in [1.29, 1.82) is 0 Å². The van der Waals surface area contributed by atoms with E-state index in [2.05, 4.69) is 29.5 Å². The van der Waals surface area contributed by atoms with Crippen LogP contribution in [0.2, 0.25) is 0 Å². The van der Waals surface area contributed by atoms with Crippen LogP contribution in [-0.4, -0.2) is 39.8 Å². The van der Waals surface area contributed by atoms with Gasteiger partial charge >= 0.3 is 0 Å². The van der Waals surface area contributed by atoms with Crippen molar-refractivity contribution in [2.24, 2.45) is 7.05 Å². The zero-order valence-electron chi connectivity index (χ0n) is 12.4. The maximum Gasteiger partial charge on any atom is 0.0843 e. The van der Waals surface area contributed by atoms with Crippen LogP contribution in [0.25, 0.3) is 0 Å². The largest absolute Gasteiger partial charge is 0.374 e. The van der Waals surface area contributed by atoms with Crippen LogP contribution in [0.5, 0.6) is 0 Å². The van der Waals surface area contributed by atoms with Gasteiger partial charge in [0.25, 0.3) is 0 Å². The van der Waals surface area contributed by atoms with E-state index in [1.165, 1.54) is 12.8 Å². The van der Waals surface area contributed by atoms with Crippen molar-refractivity contribution >= 4 is 0 Å². The predicted octanol–water partition coefficient (Wildman–Crippen LogP) is 1.68. The molecule has 0 aliphatic heterocycles. The molecule has 19 heavy (non-hydrogen) atoms. The third-order valence-electron chi connectivity index (χ3n) is 4.03. The topological polar surface area (TPSA) is 52.0 Å². The molecule has 1 aromatic heterocycles. The van der Waals surface area contributed by atoms with Crippen molar-refractivity contribution in [1.82, 2.24) is 20.3 Å². The van der Waals surface area contributed by atoms with Crippen molar-refractivity contribution in [2.75, 3.05) is 13.2 Å². The lowest BCUT2D eigenvalue weighted by Gasteiger charge is -2.37. The van der Waals surface area contributed by atoms with Gasteiger partial charge in [-0.15, -0.1) is 5.10 Å². The van der Waals surface area contributed by atoms with Crippen molar-refractivity contribution in [2.45, 2.75) is 57.6 Å². The molecule has 1 fully saturated rings. The molecule has 1 aromatic rings. The standard InChI is InChI=1S/C14H26N4O/c1-4-15-13(10-12-11-18(3)17-16-12)14(19-5-2)8-6-7-9-14/h11,13,15H,4-10H2,1-3H3. The molecular weight excluding hydrogens is 240 g/mol. The Hall–Kier alpha value is -0.940. The summed E-state index contributed by atoms with van der Waals surface area (Å²) in [6, 6.07) is 0.330. The SMILES string of the molecule is CCNC(Cc1cn(C)nn1)C1(OCC)CCCC1. The van der Waals surface area contributed by atoms with Crippen LogP contribution in [0.4, 0.5) is 0 Å². The minimum absolute atomic E-state index is 0.0116. The normalized spacial score (nSPS) is 19.7. The predicted molar refractivity (Wildman–Crippen MR) is 75.0 cm³/mol. The number of aromatic nitrogens is 3. The van der Waals surface area contributed by atoms with E-state index in [9.17, 15) is 0 Å². The Kier molecular flexibility index (Phi) is 4.93. The van der Waals surface area contributed by atoms with Gasteiger partial charge in [-0.25, -0.2) is 0 Å². The maximum absolute atomic E-state index is 6.17. The number of nitrogens with one attached hydrogen (secondary N) is 1. The highest BCUT2D eigenvalue weighted by molar-refractivity contribution is 5.04. The summed E-state index contributed by atoms with van der Waals surface area (Å²) in [5, 5.41) is 11.8. The van der Waals surface area contributed by atoms with Crippen LogP contribution >= 0.6 is 0 Å². The van der Waals surface area contributed by atoms with E-state index in [0.29, 0.717) is 6.04 Å². The van der Waals surface area contributed by atoms with E-state index >= 15 is 0 Å². The van der Waals surface area contributed by atoms with Gasteiger partial charge in [0, 0.05) is 32.3 Å². The van der Waals surface area contributed by atoms with Crippen molar-refractivity contribution in [3.05, 3.63) is 11.9 Å². The van der Waals surface area contributed by atoms with Gasteiger partial charge in [-0.05, 0) is 26.3 Å². The fraction of sp³-hybridized carbons (Fsp3) is 0.857. The molecule has 0 spiro atoms. The summed E-state index contributed by atoms with van der Waals surface area (Å²) in [7, 11) is 1.91. The fourth-order valence-electron chi connectivity index (χ4n) is 3.24. The summed E-state index contributed by atoms with van der Waals surface area (Å²) in [5.74, 6) is 0. The smallest absolute Gasteiger partial charge is 0.0843 e. The molecule has 108 valence electrons. The Bertz CT molecular complexity index is 385. The Morgan fingerprint density at radius 2 is 2.16 bits per heavy atom. The van der Waals surface area contributed by atoms with Crippen LogP contribution in [0.15, 0.2) is 6.20 Å². The molecule has 0 saturated heterocycles. The highest BCUT2D eigenvalue weighted by Crippen LogP contribution is 2.37. The summed E-state index contributed by atoms with van der Waals surface area (Å²) in [6.07, 6.45) is 7.73. The molecule has 5 heteroatoms. The molecule has 5 nitrogen and oxygen atoms in total. The number of rotatable bonds is 7. The van der Waals surface area contributed by atoms with Crippen LogP contribution in [0.3, 0.4) is 0 Å². The second-order valence-electron chi connectivity index (χ2n) is 5.40. The van der Waals surface area contributed by atoms with Crippen molar-refractivity contribution in [3.63, 3.8) is 0 Å². The van der Waals surface area contributed by atoms with Crippen molar-refractivity contribution < 1.29 is 4.74 Å². The Morgan fingerprint density at radius 1 is 1.42 bits per heavy atom. The van der Waals surface area contributed by atoms with Crippen LogP contribution in [0.1, 0.15) is 45.2 Å². The van der Waals surface area contributed by atoms with Gasteiger partial charge in [0.15, 0.2) is 0 Å². The molecule has 1 saturated carbocycles. The summed E-state index contributed by atoms with van der Waals surface area (Å²) in [6.45, 7) is 5.98. The molecule has 0 aromatic carbocycles. The van der Waals surface area contributed by atoms with Gasteiger partial charge in [-0.1, -0.05) is 25.0 Å². The number of nitrogens with zero attached hydrogens (tertiary/aromatic N) is 3. The molecule has 2 rings (SSSR count). The molecule has 0 amide bonds. The van der Waals surface area contributed by atoms with Crippen LogP contribution in [-0.2, 0) is 18.2 Å². The number of hydrogen-bond acceptors (Lipinski definition) is 4. The van der Waals surface area contributed by atoms with Gasteiger partial charge in [-0.2, -0.15) is 0 Å². The lowest BCUT2D eigenvalue weighted by molar-refractivity contribution is -0.0611. The van der Waals surface area contributed by atoms with E-state index in [1.54, 1.807) is 4.68 Å². The molecule has 0 bridgehead atoms. The second-order valence-corrected chi connectivity index (χ2v) is 5.40. The minimum Gasteiger partial charge on any atom is -0.374 e. The third kappa shape index (κ3) is 3.34. The van der Waals surface area contributed by atoms with E-state index in [1.807, 2.05) is 13.2 Å². The Balaban J connectivity index is 2.12. The monoisotopic (exact) mass is 266 g/mol. The summed E-state index contributed by atoms with van der Waals surface area (Å²) >= 11 is 0. The van der Waals surface area contributed by atoms with Gasteiger partial charge in [0.05, 0.1) is 11.3 Å². The minimum atomic E-state index is -0.0116. The molecule has 1 aliphatic rings. The number of likely N-dealkylation sites (N-methyl/N-ethyl adjacent to an activating group) is 1. The first kappa shape index (κ1) is 14.5. The van der Waals surface area contributed by atoms with E-state index in [-0.39, 0.29) is 5.60 Å². The third-order valence-corrected chi connectivity index (χ3v) is 4.03. The van der Waals surface area contributed by atoms with Gasteiger partial charge in [-0.3, -0.25) is 4.68 Å². The first-order valence-electron chi connectivity index (χ1n) is 7.42. The molecular formula is C14H26N4O. The average molecular weight is 266 g/mol. The van der Waals surface area contributed by atoms with Gasteiger partial charge in [0.1, 0.15) is 0 Å². The molecule has 1 unspecified atom stereocenters. The summed E-state index contributed by atoms with van der Waals surface area (Å²) in [4.78, 5) is 0. The first-order valence-corrected chi connectivity index (χ1v) is 7.42. The van der Waals surface area contributed by atoms with Crippen LogP contribution < -0.4 is 5.32 Å².